The van der Waals surface area contributed by atoms with E-state index < -0.39 is 35.1 Å². The second-order valence-corrected chi connectivity index (χ2v) is 11.3. The highest BCUT2D eigenvalue weighted by Crippen LogP contribution is 2.52. The standard InChI is InChI=1S/C27H31Cl2F2N3O2/c1-26(2,3)14-22-27(15-32,18-8-7-17(28)13-21(18)31)23(16-6-9-20(30)19(29)12-16)24(34-22)25(36)33-10-4-5-11-35/h6-9,12-13,22-24,34-35H,4-5,10-11,14H2,1-3H3,(H,33,36)/t22-,23-,24+,27-/m0/s1. The highest BCUT2D eigenvalue weighted by atomic mass is 35.5. The minimum atomic E-state index is -1.53. The fraction of sp³-hybridized carbons (Fsp3) is 0.481. The lowest BCUT2D eigenvalue weighted by Gasteiger charge is -2.37. The summed E-state index contributed by atoms with van der Waals surface area (Å²) in [6.45, 7) is 6.34. The first-order chi connectivity index (χ1) is 16.9. The molecule has 1 saturated heterocycles. The Hall–Kier alpha value is -2.24. The first-order valence-corrected chi connectivity index (χ1v) is 12.7. The highest BCUT2D eigenvalue weighted by Gasteiger charge is 2.60. The molecule has 3 N–H and O–H groups in total. The highest BCUT2D eigenvalue weighted by molar-refractivity contribution is 6.31. The topological polar surface area (TPSA) is 85.2 Å². The van der Waals surface area contributed by atoms with Crippen LogP contribution in [0.25, 0.3) is 0 Å². The third-order valence-corrected chi connectivity index (χ3v) is 7.13. The number of carbonyl (C=O) groups excluding carboxylic acids is 1. The lowest BCUT2D eigenvalue weighted by molar-refractivity contribution is -0.123. The third kappa shape index (κ3) is 5.84. The molecule has 194 valence electrons. The van der Waals surface area contributed by atoms with Gasteiger partial charge in [-0.15, -0.1) is 0 Å². The molecule has 4 atom stereocenters. The molecule has 0 bridgehead atoms. The second kappa shape index (κ2) is 11.4. The van der Waals surface area contributed by atoms with Gasteiger partial charge in [-0.1, -0.05) is 56.1 Å². The van der Waals surface area contributed by atoms with E-state index in [2.05, 4.69) is 16.7 Å². The Labute approximate surface area is 220 Å². The summed E-state index contributed by atoms with van der Waals surface area (Å²) in [5, 5.41) is 26.0. The second-order valence-electron chi connectivity index (χ2n) is 10.4. The number of aliphatic hydroxyl groups excluding tert-OH is 1. The molecule has 1 aliphatic heterocycles. The number of rotatable bonds is 8. The maximum Gasteiger partial charge on any atom is 0.237 e. The number of aliphatic hydroxyl groups is 1. The van der Waals surface area contributed by atoms with Crippen LogP contribution in [0.2, 0.25) is 10.0 Å². The van der Waals surface area contributed by atoms with Gasteiger partial charge in [0.05, 0.1) is 17.1 Å². The maximum atomic E-state index is 15.5. The lowest BCUT2D eigenvalue weighted by Crippen LogP contribution is -2.46. The van der Waals surface area contributed by atoms with E-state index in [0.29, 0.717) is 31.4 Å². The summed E-state index contributed by atoms with van der Waals surface area (Å²) >= 11 is 12.2. The minimum absolute atomic E-state index is 0.00922. The minimum Gasteiger partial charge on any atom is -0.396 e. The zero-order chi connectivity index (χ0) is 26.7. The molecule has 1 fully saturated rings. The van der Waals surface area contributed by atoms with Crippen molar-refractivity contribution in [2.75, 3.05) is 13.2 Å². The van der Waals surface area contributed by atoms with Crippen LogP contribution in [0.15, 0.2) is 36.4 Å². The van der Waals surface area contributed by atoms with Crippen molar-refractivity contribution in [1.29, 1.82) is 5.26 Å². The number of halogens is 4. The van der Waals surface area contributed by atoms with Gasteiger partial charge < -0.3 is 15.7 Å². The Morgan fingerprint density at radius 3 is 2.47 bits per heavy atom. The van der Waals surface area contributed by atoms with Crippen LogP contribution in [0.1, 0.15) is 57.1 Å². The van der Waals surface area contributed by atoms with Gasteiger partial charge in [-0.05, 0) is 54.5 Å². The molecule has 0 aromatic heterocycles. The molecule has 0 radical (unpaired) electrons. The SMILES string of the molecule is CC(C)(C)C[C@@H]1N[C@@H](C(=O)NCCCCO)[C@H](c2ccc(F)c(Cl)c2)[C@@]1(C#N)c1ccc(Cl)cc1F. The van der Waals surface area contributed by atoms with Crippen LogP contribution in [0.5, 0.6) is 0 Å². The van der Waals surface area contributed by atoms with Crippen LogP contribution < -0.4 is 10.6 Å². The average Bonchev–Trinajstić information content (AvgIpc) is 3.11. The molecule has 2 aromatic carbocycles. The molecule has 9 heteroatoms. The molecular formula is C27H31Cl2F2N3O2. The summed E-state index contributed by atoms with van der Waals surface area (Å²) in [7, 11) is 0. The van der Waals surface area contributed by atoms with E-state index in [4.69, 9.17) is 28.3 Å². The van der Waals surface area contributed by atoms with Crippen molar-refractivity contribution in [3.05, 3.63) is 69.2 Å². The zero-order valence-electron chi connectivity index (χ0n) is 20.5. The van der Waals surface area contributed by atoms with Crippen LogP contribution >= 0.6 is 23.2 Å². The summed E-state index contributed by atoms with van der Waals surface area (Å²) in [5.74, 6) is -2.56. The Balaban J connectivity index is 2.23. The number of nitrogens with zero attached hydrogens (tertiary/aromatic N) is 1. The van der Waals surface area contributed by atoms with Gasteiger partial charge in [0.25, 0.3) is 0 Å². The van der Waals surface area contributed by atoms with E-state index in [1.54, 1.807) is 0 Å². The van der Waals surface area contributed by atoms with Crippen LogP contribution in [-0.4, -0.2) is 36.2 Å². The van der Waals surface area contributed by atoms with Gasteiger partial charge >= 0.3 is 0 Å². The van der Waals surface area contributed by atoms with Crippen LogP contribution in [-0.2, 0) is 10.2 Å². The first-order valence-electron chi connectivity index (χ1n) is 11.9. The summed E-state index contributed by atoms with van der Waals surface area (Å²) in [6.07, 6.45) is 1.55. The van der Waals surface area contributed by atoms with Crippen molar-refractivity contribution in [3.8, 4) is 6.07 Å². The lowest BCUT2D eigenvalue weighted by atomic mass is 9.62. The number of nitrogens with one attached hydrogen (secondary N) is 2. The molecule has 0 saturated carbocycles. The fourth-order valence-corrected chi connectivity index (χ4v) is 5.44. The van der Waals surface area contributed by atoms with Crippen LogP contribution in [0, 0.1) is 28.4 Å². The molecule has 36 heavy (non-hydrogen) atoms. The molecule has 0 aliphatic carbocycles. The Morgan fingerprint density at radius 2 is 1.89 bits per heavy atom. The predicted molar refractivity (Wildman–Crippen MR) is 137 cm³/mol. The van der Waals surface area contributed by atoms with E-state index in [-0.39, 0.29) is 33.5 Å². The van der Waals surface area contributed by atoms with Gasteiger partial charge in [0.1, 0.15) is 17.0 Å². The van der Waals surface area contributed by atoms with E-state index in [1.807, 2.05) is 20.8 Å². The Bertz CT molecular complexity index is 1150. The summed E-state index contributed by atoms with van der Waals surface area (Å²) < 4.78 is 29.6. The first kappa shape index (κ1) is 28.3. The molecule has 3 rings (SSSR count). The monoisotopic (exact) mass is 537 g/mol. The number of hydrogen-bond donors (Lipinski definition) is 3. The largest absolute Gasteiger partial charge is 0.396 e. The summed E-state index contributed by atoms with van der Waals surface area (Å²) in [5.41, 5.74) is -1.26. The number of amides is 1. The van der Waals surface area contributed by atoms with E-state index in [0.717, 1.165) is 6.07 Å². The average molecular weight is 538 g/mol. The van der Waals surface area contributed by atoms with Crippen molar-refractivity contribution in [2.24, 2.45) is 5.41 Å². The van der Waals surface area contributed by atoms with Gasteiger partial charge in [0, 0.05) is 35.7 Å². The van der Waals surface area contributed by atoms with Gasteiger partial charge in [-0.25, -0.2) is 8.78 Å². The number of unbranched alkanes of at least 4 members (excludes halogenated alkanes) is 1. The maximum absolute atomic E-state index is 15.5. The molecule has 5 nitrogen and oxygen atoms in total. The van der Waals surface area contributed by atoms with Crippen molar-refractivity contribution in [3.63, 3.8) is 0 Å². The molecule has 1 heterocycles. The normalized spacial score (nSPS) is 23.9. The Kier molecular flexibility index (Phi) is 9.00. The molecule has 0 unspecified atom stereocenters. The van der Waals surface area contributed by atoms with Gasteiger partial charge in [0.2, 0.25) is 5.91 Å². The molecule has 1 aliphatic rings. The van der Waals surface area contributed by atoms with Gasteiger partial charge in [-0.3, -0.25) is 4.79 Å². The number of hydrogen-bond acceptors (Lipinski definition) is 4. The van der Waals surface area contributed by atoms with E-state index in [9.17, 15) is 14.4 Å². The molecule has 1 amide bonds. The zero-order valence-corrected chi connectivity index (χ0v) is 22.1. The number of benzene rings is 2. The smallest absolute Gasteiger partial charge is 0.237 e. The van der Waals surface area contributed by atoms with Crippen molar-refractivity contribution >= 4 is 29.1 Å². The third-order valence-electron chi connectivity index (χ3n) is 6.60. The predicted octanol–water partition coefficient (Wildman–Crippen LogP) is 5.48. The summed E-state index contributed by atoms with van der Waals surface area (Å²) in [4.78, 5) is 13.5. The molecule has 2 aromatic rings. The van der Waals surface area contributed by atoms with Crippen molar-refractivity contribution < 1.29 is 18.7 Å². The van der Waals surface area contributed by atoms with Crippen LogP contribution in [0.3, 0.4) is 0 Å². The van der Waals surface area contributed by atoms with Crippen molar-refractivity contribution in [2.45, 2.75) is 63.5 Å². The fourth-order valence-electron chi connectivity index (χ4n) is 5.09. The molecule has 0 spiro atoms. The van der Waals surface area contributed by atoms with E-state index in [1.165, 1.54) is 30.3 Å². The van der Waals surface area contributed by atoms with Crippen LogP contribution in [0.4, 0.5) is 8.78 Å². The van der Waals surface area contributed by atoms with Gasteiger partial charge in [-0.2, -0.15) is 5.26 Å². The Morgan fingerprint density at radius 1 is 1.17 bits per heavy atom. The quantitative estimate of drug-likeness (QED) is 0.389. The number of carbonyl (C=O) groups is 1. The van der Waals surface area contributed by atoms with Crippen molar-refractivity contribution in [1.82, 2.24) is 10.6 Å². The molecular weight excluding hydrogens is 507 g/mol. The van der Waals surface area contributed by atoms with E-state index >= 15 is 4.39 Å². The summed E-state index contributed by atoms with van der Waals surface area (Å²) in [6, 6.07) is 9.05. The number of nitriles is 1. The van der Waals surface area contributed by atoms with Gasteiger partial charge in [0.15, 0.2) is 0 Å².